The fraction of sp³-hybridized carbons (Fsp3) is 0.235. The number of amides is 1. The molecule has 10 nitrogen and oxygen atoms in total. The van der Waals surface area contributed by atoms with E-state index in [2.05, 4.69) is 25.5 Å². The van der Waals surface area contributed by atoms with Crippen molar-refractivity contribution in [2.75, 3.05) is 19.5 Å². The molecule has 27 heavy (non-hydrogen) atoms. The van der Waals surface area contributed by atoms with Crippen molar-refractivity contribution in [3.8, 4) is 11.5 Å². The number of carboxylic acid groups (broad SMARTS) is 1. The van der Waals surface area contributed by atoms with E-state index in [9.17, 15) is 9.59 Å². The van der Waals surface area contributed by atoms with E-state index in [0.29, 0.717) is 22.5 Å². The maximum atomic E-state index is 12.3. The molecule has 0 aliphatic carbocycles. The summed E-state index contributed by atoms with van der Waals surface area (Å²) in [4.78, 5) is 31.7. The third-order valence-electron chi connectivity index (χ3n) is 3.39. The number of fused-ring (bicyclic) bond motifs is 1. The number of aromatic carboxylic acids is 1. The number of carbonyl (C=O) groups is 2. The number of methoxy groups -OCH3 is 2. The summed E-state index contributed by atoms with van der Waals surface area (Å²) in [6.45, 7) is 4.00. The van der Waals surface area contributed by atoms with Gasteiger partial charge in [-0.2, -0.15) is 5.10 Å². The number of hydrogen-bond donors (Lipinski definition) is 3. The second-order valence-electron chi connectivity index (χ2n) is 4.87. The molecule has 0 spiro atoms. The van der Waals surface area contributed by atoms with E-state index in [-0.39, 0.29) is 17.1 Å². The first-order chi connectivity index (χ1) is 13.0. The predicted octanol–water partition coefficient (Wildman–Crippen LogP) is 2.35. The number of benzene rings is 1. The zero-order valence-corrected chi connectivity index (χ0v) is 15.2. The Bertz CT molecular complexity index is 970. The molecular weight excluding hydrogens is 354 g/mol. The molecular formula is C17H19N5O5. The lowest BCUT2D eigenvalue weighted by molar-refractivity contribution is 0.0698. The minimum atomic E-state index is -1.22. The molecule has 0 fully saturated rings. The first-order valence-corrected chi connectivity index (χ1v) is 8.00. The van der Waals surface area contributed by atoms with E-state index in [4.69, 9.17) is 14.6 Å². The molecule has 2 heterocycles. The van der Waals surface area contributed by atoms with Crippen LogP contribution in [0.15, 0.2) is 24.5 Å². The van der Waals surface area contributed by atoms with E-state index < -0.39 is 11.9 Å². The SMILES string of the molecule is CC.COc1cc2ncc(C(=O)Nc3[nH]ncc3C(=O)O)nc2cc1OC. The van der Waals surface area contributed by atoms with Crippen LogP contribution in [0.4, 0.5) is 5.82 Å². The first-order valence-electron chi connectivity index (χ1n) is 8.00. The van der Waals surface area contributed by atoms with Gasteiger partial charge in [0, 0.05) is 12.1 Å². The molecule has 3 rings (SSSR count). The number of carbonyl (C=O) groups excluding carboxylic acids is 1. The molecule has 0 unspecified atom stereocenters. The molecule has 2 aromatic heterocycles. The lowest BCUT2D eigenvalue weighted by Gasteiger charge is -2.09. The topological polar surface area (TPSA) is 139 Å². The zero-order valence-electron chi connectivity index (χ0n) is 15.2. The number of nitrogens with one attached hydrogen (secondary N) is 2. The van der Waals surface area contributed by atoms with E-state index in [0.717, 1.165) is 6.20 Å². The molecule has 3 aromatic rings. The van der Waals surface area contributed by atoms with Gasteiger partial charge in [0.1, 0.15) is 17.1 Å². The highest BCUT2D eigenvalue weighted by molar-refractivity contribution is 6.06. The molecule has 142 valence electrons. The summed E-state index contributed by atoms with van der Waals surface area (Å²) < 4.78 is 10.4. The third-order valence-corrected chi connectivity index (χ3v) is 3.39. The molecule has 3 N–H and O–H groups in total. The van der Waals surface area contributed by atoms with E-state index in [1.807, 2.05) is 13.8 Å². The number of carboxylic acids is 1. The zero-order chi connectivity index (χ0) is 20.0. The Morgan fingerprint density at radius 3 is 2.30 bits per heavy atom. The van der Waals surface area contributed by atoms with Crippen LogP contribution >= 0.6 is 0 Å². The molecule has 1 amide bonds. The van der Waals surface area contributed by atoms with Gasteiger partial charge in [-0.25, -0.2) is 9.78 Å². The summed E-state index contributed by atoms with van der Waals surface area (Å²) in [7, 11) is 2.99. The molecule has 0 atom stereocenters. The summed E-state index contributed by atoms with van der Waals surface area (Å²) >= 11 is 0. The van der Waals surface area contributed by atoms with Gasteiger partial charge in [-0.05, 0) is 0 Å². The lowest BCUT2D eigenvalue weighted by Crippen LogP contribution is -2.16. The van der Waals surface area contributed by atoms with Gasteiger partial charge < -0.3 is 19.9 Å². The van der Waals surface area contributed by atoms with Crippen molar-refractivity contribution in [1.82, 2.24) is 20.2 Å². The fourth-order valence-electron chi connectivity index (χ4n) is 2.17. The number of rotatable bonds is 5. The highest BCUT2D eigenvalue weighted by Crippen LogP contribution is 2.30. The summed E-state index contributed by atoms with van der Waals surface area (Å²) in [5, 5.41) is 17.4. The summed E-state index contributed by atoms with van der Waals surface area (Å²) in [5.74, 6) is -0.943. The number of H-pyrrole nitrogens is 1. The van der Waals surface area contributed by atoms with Crippen molar-refractivity contribution in [2.45, 2.75) is 13.8 Å². The van der Waals surface area contributed by atoms with Gasteiger partial charge in [-0.3, -0.25) is 14.9 Å². The fourth-order valence-corrected chi connectivity index (χ4v) is 2.17. The monoisotopic (exact) mass is 373 g/mol. The average molecular weight is 373 g/mol. The molecule has 0 aliphatic heterocycles. The van der Waals surface area contributed by atoms with E-state index in [1.165, 1.54) is 20.4 Å². The Morgan fingerprint density at radius 2 is 1.70 bits per heavy atom. The lowest BCUT2D eigenvalue weighted by atomic mass is 10.2. The summed E-state index contributed by atoms with van der Waals surface area (Å²) in [6, 6.07) is 3.23. The van der Waals surface area contributed by atoms with Crippen molar-refractivity contribution in [1.29, 1.82) is 0 Å². The largest absolute Gasteiger partial charge is 0.493 e. The van der Waals surface area contributed by atoms with Crippen LogP contribution in [0.1, 0.15) is 34.7 Å². The first kappa shape index (κ1) is 19.6. The standard InChI is InChI=1S/C15H13N5O5.C2H6/c1-24-11-3-8-9(4-12(11)25-2)18-10(6-16-8)14(21)19-13-7(15(22)23)5-17-20-13;1-2/h3-6H,1-2H3,(H,22,23)(H2,17,19,20,21);1-2H3. The molecule has 0 aliphatic rings. The minimum Gasteiger partial charge on any atom is -0.493 e. The van der Waals surface area contributed by atoms with Crippen LogP contribution in [0.5, 0.6) is 11.5 Å². The van der Waals surface area contributed by atoms with Crippen molar-refractivity contribution < 1.29 is 24.2 Å². The number of ether oxygens (including phenoxy) is 2. The van der Waals surface area contributed by atoms with Gasteiger partial charge >= 0.3 is 5.97 Å². The highest BCUT2D eigenvalue weighted by atomic mass is 16.5. The smallest absolute Gasteiger partial charge is 0.341 e. The Morgan fingerprint density at radius 1 is 1.07 bits per heavy atom. The second kappa shape index (κ2) is 8.61. The molecule has 0 saturated heterocycles. The van der Waals surface area contributed by atoms with Crippen molar-refractivity contribution >= 4 is 28.7 Å². The Labute approximate surface area is 154 Å². The van der Waals surface area contributed by atoms with Gasteiger partial charge in [0.15, 0.2) is 11.5 Å². The van der Waals surface area contributed by atoms with Gasteiger partial charge in [0.25, 0.3) is 5.91 Å². The predicted molar refractivity (Wildman–Crippen MR) is 97.5 cm³/mol. The molecule has 1 aromatic carbocycles. The van der Waals surface area contributed by atoms with Gasteiger partial charge in [-0.15, -0.1) is 0 Å². The number of aromatic nitrogens is 4. The van der Waals surface area contributed by atoms with E-state index >= 15 is 0 Å². The van der Waals surface area contributed by atoms with Crippen LogP contribution in [-0.2, 0) is 0 Å². The molecule has 10 heteroatoms. The van der Waals surface area contributed by atoms with Crippen LogP contribution < -0.4 is 14.8 Å². The number of hydrogen-bond acceptors (Lipinski definition) is 7. The quantitative estimate of drug-likeness (QED) is 0.619. The molecule has 0 saturated carbocycles. The van der Waals surface area contributed by atoms with Crippen molar-refractivity contribution in [2.24, 2.45) is 0 Å². The van der Waals surface area contributed by atoms with Gasteiger partial charge in [0.2, 0.25) is 0 Å². The maximum Gasteiger partial charge on any atom is 0.341 e. The van der Waals surface area contributed by atoms with Crippen molar-refractivity contribution in [3.63, 3.8) is 0 Å². The maximum absolute atomic E-state index is 12.3. The highest BCUT2D eigenvalue weighted by Gasteiger charge is 2.17. The molecule has 0 bridgehead atoms. The van der Waals surface area contributed by atoms with Crippen LogP contribution in [0.25, 0.3) is 11.0 Å². The van der Waals surface area contributed by atoms with Gasteiger partial charge in [-0.1, -0.05) is 13.8 Å². The second-order valence-corrected chi connectivity index (χ2v) is 4.87. The van der Waals surface area contributed by atoms with Gasteiger partial charge in [0.05, 0.1) is 37.6 Å². The summed E-state index contributed by atoms with van der Waals surface area (Å²) in [6.07, 6.45) is 2.38. The Kier molecular flexibility index (Phi) is 6.26. The normalized spacial score (nSPS) is 9.93. The van der Waals surface area contributed by atoms with E-state index in [1.54, 1.807) is 12.1 Å². The Balaban J connectivity index is 0.00000126. The minimum absolute atomic E-state index is 0.00524. The number of aromatic amines is 1. The third kappa shape index (κ3) is 4.11. The van der Waals surface area contributed by atoms with Crippen LogP contribution in [0, 0.1) is 0 Å². The van der Waals surface area contributed by atoms with Crippen molar-refractivity contribution in [3.05, 3.63) is 35.8 Å². The number of nitrogens with zero attached hydrogens (tertiary/aromatic N) is 3. The Hall–Kier alpha value is -3.69. The van der Waals surface area contributed by atoms with Crippen LogP contribution in [-0.4, -0.2) is 51.4 Å². The van der Waals surface area contributed by atoms with Crippen LogP contribution in [0.2, 0.25) is 0 Å². The number of anilines is 1. The molecule has 0 radical (unpaired) electrons. The average Bonchev–Trinajstić information content (AvgIpc) is 3.16. The summed E-state index contributed by atoms with van der Waals surface area (Å²) in [5.41, 5.74) is 0.787. The van der Waals surface area contributed by atoms with Crippen LogP contribution in [0.3, 0.4) is 0 Å².